The summed E-state index contributed by atoms with van der Waals surface area (Å²) in [6.45, 7) is 3.54. The second-order valence-corrected chi connectivity index (χ2v) is 5.63. The third-order valence-corrected chi connectivity index (χ3v) is 3.96. The van der Waals surface area contributed by atoms with Crippen LogP contribution >= 0.6 is 0 Å². The third kappa shape index (κ3) is 2.69. The Hall–Kier alpha value is -2.14. The van der Waals surface area contributed by atoms with E-state index in [9.17, 15) is 9.90 Å². The summed E-state index contributed by atoms with van der Waals surface area (Å²) in [6.07, 6.45) is 3.50. The summed E-state index contributed by atoms with van der Waals surface area (Å²) in [5, 5.41) is 14.1. The van der Waals surface area contributed by atoms with E-state index in [1.807, 2.05) is 18.2 Å². The maximum Gasteiger partial charge on any atom is 0.337 e. The molecular formula is C16H18N2O3. The molecule has 1 saturated heterocycles. The molecule has 0 saturated carbocycles. The van der Waals surface area contributed by atoms with E-state index in [1.54, 1.807) is 6.07 Å². The van der Waals surface area contributed by atoms with E-state index in [-0.39, 0.29) is 11.2 Å². The lowest BCUT2D eigenvalue weighted by Gasteiger charge is -2.24. The van der Waals surface area contributed by atoms with Crippen LogP contribution in [0.1, 0.15) is 30.1 Å². The lowest BCUT2D eigenvalue weighted by atomic mass is 10.0. The number of carboxylic acid groups (broad SMARTS) is 1. The Morgan fingerprint density at radius 2 is 2.19 bits per heavy atom. The third-order valence-electron chi connectivity index (χ3n) is 3.96. The van der Waals surface area contributed by atoms with Crippen LogP contribution in [0.4, 0.5) is 5.82 Å². The molecule has 1 aliphatic heterocycles. The number of aromatic carboxylic acids is 1. The number of aromatic nitrogens is 1. The molecule has 1 aromatic carbocycles. The minimum Gasteiger partial charge on any atom is -0.478 e. The summed E-state index contributed by atoms with van der Waals surface area (Å²) in [5.41, 5.74) is 0.0494. The van der Waals surface area contributed by atoms with Crippen LogP contribution in [0.25, 0.3) is 10.8 Å². The highest BCUT2D eigenvalue weighted by Crippen LogP contribution is 2.28. The molecule has 0 amide bonds. The lowest BCUT2D eigenvalue weighted by molar-refractivity contribution is 0.0315. The number of pyridine rings is 1. The van der Waals surface area contributed by atoms with Gasteiger partial charge in [0.05, 0.1) is 11.2 Å². The summed E-state index contributed by atoms with van der Waals surface area (Å²) in [6, 6.07) is 7.41. The predicted molar refractivity (Wildman–Crippen MR) is 80.8 cm³/mol. The van der Waals surface area contributed by atoms with Crippen molar-refractivity contribution in [2.24, 2.45) is 0 Å². The minimum absolute atomic E-state index is 0.172. The monoisotopic (exact) mass is 286 g/mol. The molecule has 2 aromatic rings. The van der Waals surface area contributed by atoms with Crippen molar-refractivity contribution in [3.8, 4) is 0 Å². The van der Waals surface area contributed by atoms with E-state index in [4.69, 9.17) is 4.74 Å². The number of nitrogens with one attached hydrogen (secondary N) is 1. The molecular weight excluding hydrogens is 268 g/mol. The van der Waals surface area contributed by atoms with Gasteiger partial charge in [0.25, 0.3) is 0 Å². The summed E-state index contributed by atoms with van der Waals surface area (Å²) in [5.74, 6) is -0.260. The highest BCUT2D eigenvalue weighted by atomic mass is 16.5. The number of fused-ring (bicyclic) bond motifs is 1. The molecule has 1 aromatic heterocycles. The van der Waals surface area contributed by atoms with Crippen molar-refractivity contribution in [2.75, 3.05) is 18.5 Å². The zero-order valence-corrected chi connectivity index (χ0v) is 11.9. The molecule has 1 atom stereocenters. The van der Waals surface area contributed by atoms with Crippen molar-refractivity contribution in [1.82, 2.24) is 4.98 Å². The van der Waals surface area contributed by atoms with E-state index < -0.39 is 5.97 Å². The van der Waals surface area contributed by atoms with E-state index in [0.717, 1.165) is 24.8 Å². The van der Waals surface area contributed by atoms with E-state index in [0.29, 0.717) is 17.7 Å². The van der Waals surface area contributed by atoms with Crippen molar-refractivity contribution in [2.45, 2.75) is 25.4 Å². The second kappa shape index (κ2) is 5.33. The Kier molecular flexibility index (Phi) is 3.51. The number of carbonyl (C=O) groups is 1. The number of carboxylic acids is 1. The Balaban J connectivity index is 1.92. The molecule has 1 unspecified atom stereocenters. The van der Waals surface area contributed by atoms with Crippen LogP contribution in [-0.4, -0.2) is 34.8 Å². The van der Waals surface area contributed by atoms with Crippen molar-refractivity contribution < 1.29 is 14.6 Å². The number of anilines is 1. The number of hydrogen-bond donors (Lipinski definition) is 2. The molecule has 0 spiro atoms. The van der Waals surface area contributed by atoms with Gasteiger partial charge in [0, 0.05) is 30.1 Å². The normalized spacial score (nSPS) is 21.6. The molecule has 0 aliphatic carbocycles. The summed E-state index contributed by atoms with van der Waals surface area (Å²) < 4.78 is 5.75. The van der Waals surface area contributed by atoms with Crippen LogP contribution < -0.4 is 5.32 Å². The average molecular weight is 286 g/mol. The number of hydrogen-bond acceptors (Lipinski definition) is 4. The van der Waals surface area contributed by atoms with Crippen LogP contribution in [-0.2, 0) is 4.74 Å². The van der Waals surface area contributed by atoms with Crippen LogP contribution in [0.5, 0.6) is 0 Å². The summed E-state index contributed by atoms with van der Waals surface area (Å²) in [7, 11) is 0. The van der Waals surface area contributed by atoms with Gasteiger partial charge in [-0.05, 0) is 19.8 Å². The van der Waals surface area contributed by atoms with Gasteiger partial charge in [-0.3, -0.25) is 0 Å². The Morgan fingerprint density at radius 3 is 2.86 bits per heavy atom. The molecule has 1 aliphatic rings. The van der Waals surface area contributed by atoms with E-state index >= 15 is 0 Å². The zero-order chi connectivity index (χ0) is 14.9. The summed E-state index contributed by atoms with van der Waals surface area (Å²) in [4.78, 5) is 15.5. The molecule has 2 N–H and O–H groups in total. The van der Waals surface area contributed by atoms with Gasteiger partial charge < -0.3 is 15.2 Å². The van der Waals surface area contributed by atoms with Gasteiger partial charge in [-0.15, -0.1) is 0 Å². The minimum atomic E-state index is -0.962. The zero-order valence-electron chi connectivity index (χ0n) is 11.9. The number of nitrogens with zero attached hydrogens (tertiary/aromatic N) is 1. The second-order valence-electron chi connectivity index (χ2n) is 5.63. The quantitative estimate of drug-likeness (QED) is 0.904. The van der Waals surface area contributed by atoms with Gasteiger partial charge in [-0.25, -0.2) is 9.78 Å². The number of ether oxygens (including phenoxy) is 1. The molecule has 5 heteroatoms. The highest BCUT2D eigenvalue weighted by molar-refractivity contribution is 6.06. The Bertz CT molecular complexity index is 678. The number of benzene rings is 1. The largest absolute Gasteiger partial charge is 0.478 e. The van der Waals surface area contributed by atoms with Crippen molar-refractivity contribution in [3.05, 3.63) is 36.0 Å². The molecule has 0 bridgehead atoms. The van der Waals surface area contributed by atoms with Gasteiger partial charge in [0.1, 0.15) is 5.82 Å². The Labute approximate surface area is 123 Å². The Morgan fingerprint density at radius 1 is 1.43 bits per heavy atom. The summed E-state index contributed by atoms with van der Waals surface area (Å²) >= 11 is 0. The first kappa shape index (κ1) is 13.8. The standard InChI is InChI=1S/C16H18N2O3/c1-16(7-4-8-21-16)10-18-14-12-6-3-2-5-11(12)13(9-17-14)15(19)20/h2-3,5-6,9H,4,7-8,10H2,1H3,(H,17,18)(H,19,20). The van der Waals surface area contributed by atoms with Gasteiger partial charge in [0.15, 0.2) is 0 Å². The van der Waals surface area contributed by atoms with Gasteiger partial charge in [-0.1, -0.05) is 24.3 Å². The highest BCUT2D eigenvalue weighted by Gasteiger charge is 2.29. The fourth-order valence-corrected chi connectivity index (χ4v) is 2.75. The molecule has 1 fully saturated rings. The van der Waals surface area contributed by atoms with Crippen molar-refractivity contribution in [3.63, 3.8) is 0 Å². The first-order chi connectivity index (χ1) is 10.1. The fraction of sp³-hybridized carbons (Fsp3) is 0.375. The molecule has 0 radical (unpaired) electrons. The molecule has 3 rings (SSSR count). The van der Waals surface area contributed by atoms with Crippen LogP contribution in [0.2, 0.25) is 0 Å². The molecule has 110 valence electrons. The SMILES string of the molecule is CC1(CNc2ncc(C(=O)O)c3ccccc23)CCCO1. The maximum absolute atomic E-state index is 11.3. The van der Waals surface area contributed by atoms with Gasteiger partial charge in [0.2, 0.25) is 0 Å². The van der Waals surface area contributed by atoms with Crippen molar-refractivity contribution in [1.29, 1.82) is 0 Å². The first-order valence-corrected chi connectivity index (χ1v) is 7.08. The van der Waals surface area contributed by atoms with Gasteiger partial charge >= 0.3 is 5.97 Å². The number of rotatable bonds is 4. The van der Waals surface area contributed by atoms with Crippen LogP contribution in [0.15, 0.2) is 30.5 Å². The predicted octanol–water partition coefficient (Wildman–Crippen LogP) is 2.91. The molecule has 5 nitrogen and oxygen atoms in total. The van der Waals surface area contributed by atoms with E-state index in [1.165, 1.54) is 6.20 Å². The van der Waals surface area contributed by atoms with Crippen LogP contribution in [0, 0.1) is 0 Å². The topological polar surface area (TPSA) is 71.5 Å². The van der Waals surface area contributed by atoms with Crippen molar-refractivity contribution >= 4 is 22.6 Å². The molecule has 2 heterocycles. The first-order valence-electron chi connectivity index (χ1n) is 7.08. The van der Waals surface area contributed by atoms with Gasteiger partial charge in [-0.2, -0.15) is 0 Å². The van der Waals surface area contributed by atoms with Crippen LogP contribution in [0.3, 0.4) is 0 Å². The lowest BCUT2D eigenvalue weighted by Crippen LogP contribution is -2.32. The fourth-order valence-electron chi connectivity index (χ4n) is 2.75. The maximum atomic E-state index is 11.3. The smallest absolute Gasteiger partial charge is 0.337 e. The van der Waals surface area contributed by atoms with E-state index in [2.05, 4.69) is 17.2 Å². The average Bonchev–Trinajstić information content (AvgIpc) is 2.91. The molecule has 21 heavy (non-hydrogen) atoms.